The monoisotopic (exact) mass is 333 g/mol. The molecular formula is C19H27NO4. The van der Waals surface area contributed by atoms with Crippen molar-refractivity contribution in [2.75, 3.05) is 13.2 Å². The fourth-order valence-corrected chi connectivity index (χ4v) is 3.30. The summed E-state index contributed by atoms with van der Waals surface area (Å²) >= 11 is 0. The van der Waals surface area contributed by atoms with Crippen molar-refractivity contribution < 1.29 is 19.4 Å². The maximum atomic E-state index is 12.0. The van der Waals surface area contributed by atoms with Gasteiger partial charge in [-0.25, -0.2) is 0 Å². The van der Waals surface area contributed by atoms with Crippen LogP contribution in [0, 0.1) is 11.3 Å². The molecule has 5 heteroatoms. The lowest BCUT2D eigenvalue weighted by molar-refractivity contribution is -0.142. The molecule has 0 unspecified atom stereocenters. The highest BCUT2D eigenvalue weighted by atomic mass is 16.5. The summed E-state index contributed by atoms with van der Waals surface area (Å²) in [5.41, 5.74) is 1.69. The Labute approximate surface area is 143 Å². The average Bonchev–Trinajstić information content (AvgIpc) is 2.52. The molecule has 1 aromatic rings. The van der Waals surface area contributed by atoms with Crippen LogP contribution in [0.4, 0.5) is 0 Å². The number of amides is 1. The van der Waals surface area contributed by atoms with Crippen molar-refractivity contribution in [2.45, 2.75) is 46.1 Å². The molecule has 2 N–H and O–H groups in total. The number of carbonyl (C=O) groups is 2. The van der Waals surface area contributed by atoms with E-state index in [-0.39, 0.29) is 24.8 Å². The second kappa shape index (κ2) is 7.79. The van der Waals surface area contributed by atoms with E-state index < -0.39 is 6.10 Å². The normalized spacial score (nSPS) is 17.7. The topological polar surface area (TPSA) is 75.6 Å². The Bertz CT molecular complexity index is 572. The van der Waals surface area contributed by atoms with E-state index in [0.717, 1.165) is 18.4 Å². The highest BCUT2D eigenvalue weighted by Gasteiger charge is 2.40. The van der Waals surface area contributed by atoms with Gasteiger partial charge in [-0.3, -0.25) is 9.59 Å². The van der Waals surface area contributed by atoms with Gasteiger partial charge in [0.25, 0.3) is 5.91 Å². The molecule has 2 rings (SSSR count). The lowest BCUT2D eigenvalue weighted by Gasteiger charge is -2.45. The number of esters is 1. The fraction of sp³-hybridized carbons (Fsp3) is 0.579. The lowest BCUT2D eigenvalue weighted by Crippen LogP contribution is -2.35. The average molecular weight is 333 g/mol. The molecule has 24 heavy (non-hydrogen) atoms. The number of rotatable bonds is 7. The third-order valence-corrected chi connectivity index (χ3v) is 4.51. The molecule has 1 atom stereocenters. The zero-order chi connectivity index (χ0) is 17.7. The zero-order valence-corrected chi connectivity index (χ0v) is 14.7. The van der Waals surface area contributed by atoms with Crippen molar-refractivity contribution >= 4 is 11.9 Å². The second-order valence-corrected chi connectivity index (χ2v) is 7.21. The van der Waals surface area contributed by atoms with Crippen LogP contribution < -0.4 is 5.32 Å². The van der Waals surface area contributed by atoms with Crippen molar-refractivity contribution in [3.63, 3.8) is 0 Å². The molecule has 5 nitrogen and oxygen atoms in total. The van der Waals surface area contributed by atoms with E-state index in [1.54, 1.807) is 31.2 Å². The standard InChI is InChI=1S/C19H27NO4/c1-4-24-16(21)9-10-20-18(23)14-7-5-13(6-8-14)17(22)15-11-19(2,3)12-15/h5-8,15,17,22H,4,9-12H2,1-3H3,(H,20,23)/t17-/m0/s1. The minimum absolute atomic E-state index is 0.161. The van der Waals surface area contributed by atoms with Crippen molar-refractivity contribution in [2.24, 2.45) is 11.3 Å². The van der Waals surface area contributed by atoms with E-state index in [1.165, 1.54) is 0 Å². The van der Waals surface area contributed by atoms with Gasteiger partial charge in [0.2, 0.25) is 0 Å². The summed E-state index contributed by atoms with van der Waals surface area (Å²) in [5, 5.41) is 13.1. The molecule has 0 bridgehead atoms. The first-order chi connectivity index (χ1) is 11.3. The van der Waals surface area contributed by atoms with Gasteiger partial charge in [0, 0.05) is 12.1 Å². The number of hydrogen-bond donors (Lipinski definition) is 2. The maximum absolute atomic E-state index is 12.0. The van der Waals surface area contributed by atoms with Crippen molar-refractivity contribution in [1.29, 1.82) is 0 Å². The number of ether oxygens (including phenoxy) is 1. The number of aliphatic hydroxyl groups is 1. The molecular weight excluding hydrogens is 306 g/mol. The molecule has 0 radical (unpaired) electrons. The molecule has 1 saturated carbocycles. The Kier molecular flexibility index (Phi) is 5.99. The van der Waals surface area contributed by atoms with Crippen LogP contribution in [0.1, 0.15) is 62.1 Å². The smallest absolute Gasteiger partial charge is 0.307 e. The predicted molar refractivity (Wildman–Crippen MR) is 91.5 cm³/mol. The van der Waals surface area contributed by atoms with E-state index >= 15 is 0 Å². The largest absolute Gasteiger partial charge is 0.466 e. The van der Waals surface area contributed by atoms with Crippen LogP contribution in [0.15, 0.2) is 24.3 Å². The summed E-state index contributed by atoms with van der Waals surface area (Å²) in [4.78, 5) is 23.2. The molecule has 0 saturated heterocycles. The Morgan fingerprint density at radius 2 is 1.92 bits per heavy atom. The van der Waals surface area contributed by atoms with Gasteiger partial charge in [-0.05, 0) is 48.8 Å². The molecule has 132 valence electrons. The Balaban J connectivity index is 1.83. The molecule has 1 aromatic carbocycles. The third-order valence-electron chi connectivity index (χ3n) is 4.51. The van der Waals surface area contributed by atoms with Gasteiger partial charge in [-0.2, -0.15) is 0 Å². The summed E-state index contributed by atoms with van der Waals surface area (Å²) in [5.74, 6) is -0.255. The van der Waals surface area contributed by atoms with Gasteiger partial charge < -0.3 is 15.2 Å². The van der Waals surface area contributed by atoms with Crippen molar-refractivity contribution in [3.8, 4) is 0 Å². The second-order valence-electron chi connectivity index (χ2n) is 7.21. The number of hydrogen-bond acceptors (Lipinski definition) is 4. The van der Waals surface area contributed by atoms with E-state index in [1.807, 2.05) is 0 Å². The van der Waals surface area contributed by atoms with Crippen molar-refractivity contribution in [1.82, 2.24) is 5.32 Å². The van der Waals surface area contributed by atoms with Gasteiger partial charge in [-0.1, -0.05) is 26.0 Å². The highest BCUT2D eigenvalue weighted by molar-refractivity contribution is 5.94. The Morgan fingerprint density at radius 3 is 2.46 bits per heavy atom. The molecule has 0 spiro atoms. The van der Waals surface area contributed by atoms with E-state index in [2.05, 4.69) is 19.2 Å². The molecule has 1 fully saturated rings. The van der Waals surface area contributed by atoms with Crippen LogP contribution in [-0.2, 0) is 9.53 Å². The molecule has 1 amide bonds. The van der Waals surface area contributed by atoms with Crippen LogP contribution in [0.25, 0.3) is 0 Å². The minimum atomic E-state index is -0.473. The number of carbonyl (C=O) groups excluding carboxylic acids is 2. The van der Waals surface area contributed by atoms with Crippen LogP contribution in [0.3, 0.4) is 0 Å². The van der Waals surface area contributed by atoms with Gasteiger partial charge in [0.15, 0.2) is 0 Å². The summed E-state index contributed by atoms with van der Waals surface area (Å²) in [6.07, 6.45) is 1.72. The number of aliphatic hydroxyl groups excluding tert-OH is 1. The van der Waals surface area contributed by atoms with Gasteiger partial charge in [0.05, 0.1) is 19.1 Å². The first-order valence-electron chi connectivity index (χ1n) is 8.54. The first-order valence-corrected chi connectivity index (χ1v) is 8.54. The number of nitrogens with one attached hydrogen (secondary N) is 1. The number of benzene rings is 1. The van der Waals surface area contributed by atoms with Crippen LogP contribution in [0.5, 0.6) is 0 Å². The summed E-state index contributed by atoms with van der Waals surface area (Å²) in [6.45, 7) is 6.75. The maximum Gasteiger partial charge on any atom is 0.307 e. The summed E-state index contributed by atoms with van der Waals surface area (Å²) in [7, 11) is 0. The molecule has 1 aliphatic carbocycles. The van der Waals surface area contributed by atoms with Gasteiger partial charge >= 0.3 is 5.97 Å². The SMILES string of the molecule is CCOC(=O)CCNC(=O)c1ccc([C@H](O)C2CC(C)(C)C2)cc1. The van der Waals surface area contributed by atoms with E-state index in [0.29, 0.717) is 23.5 Å². The fourth-order valence-electron chi connectivity index (χ4n) is 3.30. The van der Waals surface area contributed by atoms with Crippen LogP contribution >= 0.6 is 0 Å². The molecule has 0 aliphatic heterocycles. The lowest BCUT2D eigenvalue weighted by atomic mass is 9.62. The van der Waals surface area contributed by atoms with Crippen LogP contribution in [-0.4, -0.2) is 30.1 Å². The summed E-state index contributed by atoms with van der Waals surface area (Å²) < 4.78 is 4.81. The zero-order valence-electron chi connectivity index (χ0n) is 14.7. The van der Waals surface area contributed by atoms with Gasteiger partial charge in [-0.15, -0.1) is 0 Å². The van der Waals surface area contributed by atoms with Gasteiger partial charge in [0.1, 0.15) is 0 Å². The molecule has 0 heterocycles. The Morgan fingerprint density at radius 1 is 1.29 bits per heavy atom. The Hall–Kier alpha value is -1.88. The first kappa shape index (κ1) is 18.5. The van der Waals surface area contributed by atoms with E-state index in [4.69, 9.17) is 4.74 Å². The van der Waals surface area contributed by atoms with Crippen LogP contribution in [0.2, 0.25) is 0 Å². The third kappa shape index (κ3) is 4.81. The predicted octanol–water partition coefficient (Wildman–Crippen LogP) is 2.84. The molecule has 1 aliphatic rings. The molecule has 0 aromatic heterocycles. The highest BCUT2D eigenvalue weighted by Crippen LogP contribution is 2.50. The quantitative estimate of drug-likeness (QED) is 0.752. The van der Waals surface area contributed by atoms with Crippen molar-refractivity contribution in [3.05, 3.63) is 35.4 Å². The summed E-state index contributed by atoms with van der Waals surface area (Å²) in [6, 6.07) is 7.02. The van der Waals surface area contributed by atoms with E-state index in [9.17, 15) is 14.7 Å². The minimum Gasteiger partial charge on any atom is -0.466 e.